The van der Waals surface area contributed by atoms with Crippen molar-refractivity contribution in [2.45, 2.75) is 33.2 Å². The summed E-state index contributed by atoms with van der Waals surface area (Å²) in [7, 11) is 4.01. The van der Waals surface area contributed by atoms with Crippen LogP contribution in [0.3, 0.4) is 0 Å². The van der Waals surface area contributed by atoms with E-state index in [0.29, 0.717) is 24.2 Å². The molecule has 33 heavy (non-hydrogen) atoms. The standard InChI is InChI=1S/C27H29N5O/c1-18-12-21(6-5-11-28)13-19(2)27(18)33-26-15-25(24(30)14-22(26)17-32(3)4)31-23-9-7-20(16-29)8-10-23/h7-10,12-15,31H,5-6,17,30H2,1-4H3. The van der Waals surface area contributed by atoms with Crippen LogP contribution in [0.15, 0.2) is 48.5 Å². The maximum absolute atomic E-state index is 9.02. The molecule has 0 bridgehead atoms. The second kappa shape index (κ2) is 10.5. The van der Waals surface area contributed by atoms with E-state index in [-0.39, 0.29) is 0 Å². The van der Waals surface area contributed by atoms with Crippen molar-refractivity contribution in [2.75, 3.05) is 25.1 Å². The predicted octanol–water partition coefficient (Wildman–Crippen LogP) is 5.81. The molecule has 0 amide bonds. The first-order valence-corrected chi connectivity index (χ1v) is 10.8. The number of nitrogens with one attached hydrogen (secondary N) is 1. The fourth-order valence-electron chi connectivity index (χ4n) is 3.75. The lowest BCUT2D eigenvalue weighted by Gasteiger charge is -2.20. The summed E-state index contributed by atoms with van der Waals surface area (Å²) < 4.78 is 6.47. The Morgan fingerprint density at radius 1 is 1.00 bits per heavy atom. The number of benzene rings is 3. The van der Waals surface area contributed by atoms with Crippen LogP contribution in [-0.2, 0) is 13.0 Å². The molecule has 6 nitrogen and oxygen atoms in total. The molecule has 0 aliphatic rings. The zero-order chi connectivity index (χ0) is 24.0. The van der Waals surface area contributed by atoms with Gasteiger partial charge in [0.2, 0.25) is 0 Å². The highest BCUT2D eigenvalue weighted by molar-refractivity contribution is 5.76. The van der Waals surface area contributed by atoms with Crippen LogP contribution < -0.4 is 15.8 Å². The maximum Gasteiger partial charge on any atom is 0.134 e. The summed E-state index contributed by atoms with van der Waals surface area (Å²) in [6.45, 7) is 4.73. The Kier molecular flexibility index (Phi) is 7.56. The van der Waals surface area contributed by atoms with Crippen LogP contribution in [0.25, 0.3) is 0 Å². The quantitative estimate of drug-likeness (QED) is 0.430. The maximum atomic E-state index is 9.02. The molecule has 0 saturated carbocycles. The number of nitrogen functional groups attached to an aromatic ring is 1. The highest BCUT2D eigenvalue weighted by Crippen LogP contribution is 2.37. The van der Waals surface area contributed by atoms with Gasteiger partial charge in [-0.15, -0.1) is 0 Å². The zero-order valence-corrected chi connectivity index (χ0v) is 19.6. The first-order valence-electron chi connectivity index (χ1n) is 10.8. The van der Waals surface area contributed by atoms with Crippen molar-refractivity contribution in [3.63, 3.8) is 0 Å². The normalized spacial score (nSPS) is 10.5. The minimum atomic E-state index is 0.494. The summed E-state index contributed by atoms with van der Waals surface area (Å²) in [5.74, 6) is 1.54. The van der Waals surface area contributed by atoms with E-state index in [1.807, 2.05) is 52.2 Å². The van der Waals surface area contributed by atoms with Crippen molar-refractivity contribution in [3.8, 4) is 23.6 Å². The fraction of sp³-hybridized carbons (Fsp3) is 0.259. The van der Waals surface area contributed by atoms with E-state index in [1.165, 1.54) is 0 Å². The lowest BCUT2D eigenvalue weighted by molar-refractivity contribution is 0.388. The number of nitrogens with two attached hydrogens (primary N) is 1. The van der Waals surface area contributed by atoms with Gasteiger partial charge in [-0.3, -0.25) is 0 Å². The molecule has 3 aromatic carbocycles. The summed E-state index contributed by atoms with van der Waals surface area (Å²) >= 11 is 0. The summed E-state index contributed by atoms with van der Waals surface area (Å²) in [6, 6.07) is 19.6. The van der Waals surface area contributed by atoms with Gasteiger partial charge in [0, 0.05) is 30.3 Å². The van der Waals surface area contributed by atoms with E-state index in [0.717, 1.165) is 51.5 Å². The molecular weight excluding hydrogens is 410 g/mol. The molecule has 0 heterocycles. The molecule has 0 aliphatic carbocycles. The number of aryl methyl sites for hydroxylation is 3. The fourth-order valence-corrected chi connectivity index (χ4v) is 3.75. The molecule has 168 valence electrons. The molecule has 0 atom stereocenters. The van der Waals surface area contributed by atoms with Gasteiger partial charge in [0.15, 0.2) is 0 Å². The lowest BCUT2D eigenvalue weighted by atomic mass is 10.0. The van der Waals surface area contributed by atoms with Crippen molar-refractivity contribution >= 4 is 17.1 Å². The number of rotatable bonds is 8. The third-order valence-corrected chi connectivity index (χ3v) is 5.27. The monoisotopic (exact) mass is 439 g/mol. The first kappa shape index (κ1) is 23.7. The predicted molar refractivity (Wildman–Crippen MR) is 133 cm³/mol. The Balaban J connectivity index is 1.97. The largest absolute Gasteiger partial charge is 0.456 e. The second-order valence-electron chi connectivity index (χ2n) is 8.42. The van der Waals surface area contributed by atoms with Crippen LogP contribution in [0.5, 0.6) is 11.5 Å². The second-order valence-corrected chi connectivity index (χ2v) is 8.42. The van der Waals surface area contributed by atoms with Crippen molar-refractivity contribution in [3.05, 3.63) is 76.3 Å². The van der Waals surface area contributed by atoms with E-state index in [4.69, 9.17) is 21.0 Å². The minimum absolute atomic E-state index is 0.494. The van der Waals surface area contributed by atoms with Crippen LogP contribution in [0, 0.1) is 36.5 Å². The highest BCUT2D eigenvalue weighted by Gasteiger charge is 2.15. The van der Waals surface area contributed by atoms with Gasteiger partial charge in [-0.2, -0.15) is 10.5 Å². The van der Waals surface area contributed by atoms with Crippen LogP contribution in [0.2, 0.25) is 0 Å². The average Bonchev–Trinajstić information content (AvgIpc) is 2.77. The van der Waals surface area contributed by atoms with Gasteiger partial charge in [0.05, 0.1) is 29.1 Å². The number of nitriles is 2. The van der Waals surface area contributed by atoms with E-state index < -0.39 is 0 Å². The summed E-state index contributed by atoms with van der Waals surface area (Å²) in [4.78, 5) is 2.07. The average molecular weight is 440 g/mol. The Morgan fingerprint density at radius 2 is 1.67 bits per heavy atom. The first-order chi connectivity index (χ1) is 15.8. The molecular formula is C27H29N5O. The van der Waals surface area contributed by atoms with Gasteiger partial charge in [0.25, 0.3) is 0 Å². The van der Waals surface area contributed by atoms with Gasteiger partial charge in [-0.1, -0.05) is 12.1 Å². The molecule has 0 aromatic heterocycles. The summed E-state index contributed by atoms with van der Waals surface area (Å²) in [6.07, 6.45) is 1.22. The van der Waals surface area contributed by atoms with Gasteiger partial charge in [0.1, 0.15) is 11.5 Å². The Bertz CT molecular complexity index is 1190. The molecule has 3 rings (SSSR count). The van der Waals surface area contributed by atoms with E-state index >= 15 is 0 Å². The Labute approximate surface area is 195 Å². The SMILES string of the molecule is Cc1cc(CCC#N)cc(C)c1Oc1cc(Nc2ccc(C#N)cc2)c(N)cc1CN(C)C. The van der Waals surface area contributed by atoms with Gasteiger partial charge >= 0.3 is 0 Å². The molecule has 0 spiro atoms. The lowest BCUT2D eigenvalue weighted by Crippen LogP contribution is -2.12. The zero-order valence-electron chi connectivity index (χ0n) is 19.6. The highest BCUT2D eigenvalue weighted by atomic mass is 16.5. The number of anilines is 3. The molecule has 0 unspecified atom stereocenters. The number of ether oxygens (including phenoxy) is 1. The van der Waals surface area contributed by atoms with Crippen molar-refractivity contribution in [1.29, 1.82) is 10.5 Å². The van der Waals surface area contributed by atoms with Gasteiger partial charge in [-0.25, -0.2) is 0 Å². The van der Waals surface area contributed by atoms with Crippen LogP contribution >= 0.6 is 0 Å². The topological polar surface area (TPSA) is 98.1 Å². The van der Waals surface area contributed by atoms with Crippen molar-refractivity contribution in [1.82, 2.24) is 4.90 Å². The van der Waals surface area contributed by atoms with Crippen LogP contribution in [-0.4, -0.2) is 19.0 Å². The molecule has 3 aromatic rings. The van der Waals surface area contributed by atoms with Crippen molar-refractivity contribution < 1.29 is 4.74 Å². The minimum Gasteiger partial charge on any atom is -0.456 e. The smallest absolute Gasteiger partial charge is 0.134 e. The Morgan fingerprint density at radius 3 is 2.24 bits per heavy atom. The van der Waals surface area contributed by atoms with Crippen molar-refractivity contribution in [2.24, 2.45) is 0 Å². The van der Waals surface area contributed by atoms with E-state index in [1.54, 1.807) is 12.1 Å². The number of hydrogen-bond acceptors (Lipinski definition) is 6. The Hall–Kier alpha value is -4.00. The van der Waals surface area contributed by atoms with Crippen LogP contribution in [0.1, 0.15) is 34.2 Å². The molecule has 0 fully saturated rings. The third kappa shape index (κ3) is 6.04. The molecule has 0 radical (unpaired) electrons. The van der Waals surface area contributed by atoms with Crippen LogP contribution in [0.4, 0.5) is 17.1 Å². The number of hydrogen-bond donors (Lipinski definition) is 2. The molecule has 0 aliphatic heterocycles. The molecule has 6 heteroatoms. The van der Waals surface area contributed by atoms with Gasteiger partial charge < -0.3 is 20.7 Å². The summed E-state index contributed by atoms with van der Waals surface area (Å²) in [5, 5.41) is 21.2. The van der Waals surface area contributed by atoms with Gasteiger partial charge in [-0.05, 0) is 81.4 Å². The summed E-state index contributed by atoms with van der Waals surface area (Å²) in [5.41, 5.74) is 13.3. The molecule has 0 saturated heterocycles. The third-order valence-electron chi connectivity index (χ3n) is 5.27. The van der Waals surface area contributed by atoms with E-state index in [2.05, 4.69) is 34.5 Å². The number of nitrogens with zero attached hydrogens (tertiary/aromatic N) is 3. The molecule has 3 N–H and O–H groups in total. The van der Waals surface area contributed by atoms with E-state index in [9.17, 15) is 0 Å².